The fourth-order valence-corrected chi connectivity index (χ4v) is 7.61. The molecule has 2 aromatic rings. The van der Waals surface area contributed by atoms with Crippen LogP contribution in [0.4, 0.5) is 0 Å². The Labute approximate surface area is 228 Å². The summed E-state index contributed by atoms with van der Waals surface area (Å²) in [5.74, 6) is 0.210. The SMILES string of the molecule is O=C1CCC(N2Cc3c(OCc4ccc(CN5CCN(S(=O)(=O)C6CC6)CC5)cc4)cccc3C2=O)C(=O)C1. The van der Waals surface area contributed by atoms with Crippen molar-refractivity contribution in [1.29, 1.82) is 0 Å². The summed E-state index contributed by atoms with van der Waals surface area (Å²) in [5, 5.41) is -0.150. The third kappa shape index (κ3) is 5.37. The molecule has 1 atom stereocenters. The van der Waals surface area contributed by atoms with Gasteiger partial charge < -0.3 is 9.64 Å². The quantitative estimate of drug-likeness (QED) is 0.465. The fraction of sp³-hybridized carbons (Fsp3) is 0.483. The summed E-state index contributed by atoms with van der Waals surface area (Å²) in [7, 11) is -3.10. The highest BCUT2D eigenvalue weighted by Gasteiger charge is 2.41. The molecule has 4 aliphatic rings. The van der Waals surface area contributed by atoms with E-state index in [1.165, 1.54) is 0 Å². The lowest BCUT2D eigenvalue weighted by Crippen LogP contribution is -2.49. The molecule has 1 amide bonds. The summed E-state index contributed by atoms with van der Waals surface area (Å²) < 4.78 is 32.7. The predicted molar refractivity (Wildman–Crippen MR) is 144 cm³/mol. The molecule has 2 aromatic carbocycles. The monoisotopic (exact) mass is 551 g/mol. The smallest absolute Gasteiger partial charge is 0.255 e. The van der Waals surface area contributed by atoms with Gasteiger partial charge in [-0.25, -0.2) is 8.42 Å². The number of rotatable bonds is 8. The molecule has 0 radical (unpaired) electrons. The Morgan fingerprint density at radius 3 is 2.28 bits per heavy atom. The van der Waals surface area contributed by atoms with Crippen LogP contribution in [-0.2, 0) is 39.3 Å². The van der Waals surface area contributed by atoms with E-state index in [0.717, 1.165) is 49.2 Å². The second-order valence-electron chi connectivity index (χ2n) is 11.0. The molecule has 10 heteroatoms. The molecule has 0 aromatic heterocycles. The minimum Gasteiger partial charge on any atom is -0.489 e. The Morgan fingerprint density at radius 1 is 0.872 bits per heavy atom. The molecule has 2 saturated carbocycles. The Kier molecular flexibility index (Phi) is 7.03. The van der Waals surface area contributed by atoms with Crippen LogP contribution >= 0.6 is 0 Å². The molecule has 2 aliphatic heterocycles. The molecular weight excluding hydrogens is 518 g/mol. The molecule has 0 bridgehead atoms. The molecule has 206 valence electrons. The zero-order valence-corrected chi connectivity index (χ0v) is 22.7. The van der Waals surface area contributed by atoms with Gasteiger partial charge >= 0.3 is 0 Å². The average Bonchev–Trinajstić information content (AvgIpc) is 3.74. The highest BCUT2D eigenvalue weighted by molar-refractivity contribution is 7.90. The van der Waals surface area contributed by atoms with Crippen molar-refractivity contribution < 1.29 is 27.5 Å². The Balaban J connectivity index is 1.03. The molecule has 3 fully saturated rings. The number of ether oxygens (including phenoxy) is 1. The first-order chi connectivity index (χ1) is 18.8. The van der Waals surface area contributed by atoms with E-state index in [1.54, 1.807) is 21.3 Å². The van der Waals surface area contributed by atoms with Gasteiger partial charge in [-0.2, -0.15) is 4.31 Å². The van der Waals surface area contributed by atoms with Gasteiger partial charge in [0.15, 0.2) is 5.78 Å². The first kappa shape index (κ1) is 26.2. The summed E-state index contributed by atoms with van der Waals surface area (Å²) in [6, 6.07) is 13.1. The summed E-state index contributed by atoms with van der Waals surface area (Å²) >= 11 is 0. The summed E-state index contributed by atoms with van der Waals surface area (Å²) in [6.45, 7) is 4.00. The highest BCUT2D eigenvalue weighted by Crippen LogP contribution is 2.35. The third-order valence-corrected chi connectivity index (χ3v) is 10.6. The van der Waals surface area contributed by atoms with E-state index >= 15 is 0 Å². The molecule has 6 rings (SSSR count). The molecule has 2 heterocycles. The molecule has 9 nitrogen and oxygen atoms in total. The van der Waals surface area contributed by atoms with Crippen LogP contribution in [0.2, 0.25) is 0 Å². The van der Waals surface area contributed by atoms with Crippen molar-refractivity contribution in [3.63, 3.8) is 0 Å². The van der Waals surface area contributed by atoms with Crippen molar-refractivity contribution in [3.8, 4) is 5.75 Å². The van der Waals surface area contributed by atoms with Crippen molar-refractivity contribution in [2.24, 2.45) is 0 Å². The first-order valence-corrected chi connectivity index (χ1v) is 15.2. The van der Waals surface area contributed by atoms with E-state index < -0.39 is 16.1 Å². The number of sulfonamides is 1. The summed E-state index contributed by atoms with van der Waals surface area (Å²) in [6.07, 6.45) is 2.21. The maximum atomic E-state index is 13.0. The van der Waals surface area contributed by atoms with Crippen molar-refractivity contribution in [2.45, 2.75) is 63.1 Å². The lowest BCUT2D eigenvalue weighted by molar-refractivity contribution is -0.133. The van der Waals surface area contributed by atoms with Crippen LogP contribution in [0.1, 0.15) is 59.2 Å². The largest absolute Gasteiger partial charge is 0.489 e. The van der Waals surface area contributed by atoms with Crippen LogP contribution in [0.3, 0.4) is 0 Å². The van der Waals surface area contributed by atoms with Crippen molar-refractivity contribution in [2.75, 3.05) is 26.2 Å². The lowest BCUT2D eigenvalue weighted by Gasteiger charge is -2.34. The minimum absolute atomic E-state index is 0.0580. The molecule has 2 aliphatic carbocycles. The average molecular weight is 552 g/mol. The Bertz CT molecular complexity index is 1390. The van der Waals surface area contributed by atoms with Gasteiger partial charge in [0, 0.05) is 50.3 Å². The van der Waals surface area contributed by atoms with E-state index in [1.807, 2.05) is 18.2 Å². The van der Waals surface area contributed by atoms with Crippen LogP contribution in [-0.4, -0.2) is 77.5 Å². The molecule has 1 unspecified atom stereocenters. The first-order valence-electron chi connectivity index (χ1n) is 13.7. The predicted octanol–water partition coefficient (Wildman–Crippen LogP) is 2.52. The van der Waals surface area contributed by atoms with Gasteiger partial charge in [0.1, 0.15) is 18.1 Å². The Hall–Kier alpha value is -3.08. The van der Waals surface area contributed by atoms with Gasteiger partial charge in [0.25, 0.3) is 5.91 Å². The third-order valence-electron chi connectivity index (χ3n) is 8.23. The standard InChI is InChI=1S/C29H33N3O6S/c33-22-8-11-26(27(34)16-22)32-18-25-24(29(32)35)2-1-3-28(25)38-19-21-6-4-20(5-7-21)17-30-12-14-31(15-13-30)39(36,37)23-9-10-23/h1-7,23,26H,8-19H2. The normalized spacial score (nSPS) is 22.8. The number of benzene rings is 2. The topological polar surface area (TPSA) is 104 Å². The number of hydrogen-bond donors (Lipinski definition) is 0. The minimum atomic E-state index is -3.10. The van der Waals surface area contributed by atoms with E-state index in [4.69, 9.17) is 4.74 Å². The maximum absolute atomic E-state index is 13.0. The second-order valence-corrected chi connectivity index (χ2v) is 13.2. The molecule has 1 saturated heterocycles. The molecule has 39 heavy (non-hydrogen) atoms. The molecule has 0 spiro atoms. The molecular formula is C29H33N3O6S. The van der Waals surface area contributed by atoms with Gasteiger partial charge in [0.2, 0.25) is 10.0 Å². The summed E-state index contributed by atoms with van der Waals surface area (Å²) in [5.41, 5.74) is 3.50. The lowest BCUT2D eigenvalue weighted by atomic mass is 9.92. The number of Topliss-reactive ketones (excluding diaryl/α,β-unsaturated/α-hetero) is 2. The van der Waals surface area contributed by atoms with Gasteiger partial charge in [-0.3, -0.25) is 19.3 Å². The number of fused-ring (bicyclic) bond motifs is 1. The van der Waals surface area contributed by atoms with Crippen LogP contribution in [0.25, 0.3) is 0 Å². The van der Waals surface area contributed by atoms with Crippen LogP contribution in [0.5, 0.6) is 5.75 Å². The van der Waals surface area contributed by atoms with Gasteiger partial charge in [0.05, 0.1) is 24.3 Å². The van der Waals surface area contributed by atoms with E-state index in [2.05, 4.69) is 17.0 Å². The summed E-state index contributed by atoms with van der Waals surface area (Å²) in [4.78, 5) is 41.0. The number of carbonyl (C=O) groups excluding carboxylic acids is 3. The zero-order valence-electron chi connectivity index (χ0n) is 21.9. The van der Waals surface area contributed by atoms with Crippen LogP contribution in [0.15, 0.2) is 42.5 Å². The number of nitrogens with zero attached hydrogens (tertiary/aromatic N) is 3. The number of piperazine rings is 1. The van der Waals surface area contributed by atoms with Gasteiger partial charge in [-0.05, 0) is 42.5 Å². The zero-order chi connectivity index (χ0) is 27.1. The van der Waals surface area contributed by atoms with E-state index in [-0.39, 0.29) is 29.1 Å². The van der Waals surface area contributed by atoms with E-state index in [0.29, 0.717) is 50.4 Å². The van der Waals surface area contributed by atoms with Crippen molar-refractivity contribution >= 4 is 27.5 Å². The number of amides is 1. The molecule has 0 N–H and O–H groups in total. The number of carbonyl (C=O) groups is 3. The Morgan fingerprint density at radius 2 is 1.59 bits per heavy atom. The number of hydrogen-bond acceptors (Lipinski definition) is 7. The second kappa shape index (κ2) is 10.5. The van der Waals surface area contributed by atoms with Crippen LogP contribution in [0, 0.1) is 0 Å². The van der Waals surface area contributed by atoms with Gasteiger partial charge in [-0.15, -0.1) is 0 Å². The van der Waals surface area contributed by atoms with Crippen LogP contribution < -0.4 is 4.74 Å². The van der Waals surface area contributed by atoms with Gasteiger partial charge in [-0.1, -0.05) is 30.3 Å². The van der Waals surface area contributed by atoms with Crippen molar-refractivity contribution in [1.82, 2.24) is 14.1 Å². The fourth-order valence-electron chi connectivity index (χ4n) is 5.78. The van der Waals surface area contributed by atoms with E-state index in [9.17, 15) is 22.8 Å². The maximum Gasteiger partial charge on any atom is 0.255 e. The number of ketones is 2. The highest BCUT2D eigenvalue weighted by atomic mass is 32.2. The van der Waals surface area contributed by atoms with Crippen molar-refractivity contribution in [3.05, 3.63) is 64.7 Å².